The first kappa shape index (κ1) is 19.8. The van der Waals surface area contributed by atoms with Crippen LogP contribution in [0.1, 0.15) is 37.7 Å². The number of hydrogen-bond donors (Lipinski definition) is 2. The molecule has 152 valence electrons. The third-order valence-electron chi connectivity index (χ3n) is 5.09. The lowest BCUT2D eigenvalue weighted by atomic mass is 10.2. The Morgan fingerprint density at radius 3 is 2.60 bits per heavy atom. The highest BCUT2D eigenvalue weighted by Crippen LogP contribution is 2.31. The number of hydrogen-bond acceptors (Lipinski definition) is 6. The Morgan fingerprint density at radius 1 is 1.17 bits per heavy atom. The molecule has 3 aromatic heterocycles. The van der Waals surface area contributed by atoms with E-state index in [0.29, 0.717) is 15.5 Å². The summed E-state index contributed by atoms with van der Waals surface area (Å²) in [7, 11) is 0. The maximum absolute atomic E-state index is 12.6. The minimum atomic E-state index is -0.293. The molecule has 0 aliphatic rings. The van der Waals surface area contributed by atoms with Crippen molar-refractivity contribution < 1.29 is 4.79 Å². The fourth-order valence-corrected chi connectivity index (χ4v) is 4.58. The number of nitrogen functional groups attached to an aromatic ring is 1. The average molecular weight is 419 g/mol. The van der Waals surface area contributed by atoms with E-state index < -0.39 is 0 Å². The Labute approximate surface area is 178 Å². The molecule has 3 N–H and O–H groups in total. The van der Waals surface area contributed by atoms with Gasteiger partial charge in [-0.15, -0.1) is 11.3 Å². The van der Waals surface area contributed by atoms with Crippen molar-refractivity contribution in [3.05, 3.63) is 69.6 Å². The Bertz CT molecular complexity index is 1280. The van der Waals surface area contributed by atoms with E-state index in [2.05, 4.69) is 63.2 Å². The molecule has 4 rings (SSSR count). The zero-order chi connectivity index (χ0) is 21.4. The molecular formula is C22H22N6OS. The normalized spacial score (nSPS) is 11.5. The van der Waals surface area contributed by atoms with Gasteiger partial charge < -0.3 is 10.3 Å². The lowest BCUT2D eigenvalue weighted by molar-refractivity contribution is 0.0958. The number of aromatic nitrogens is 3. The van der Waals surface area contributed by atoms with Crippen LogP contribution in [0.5, 0.6) is 0 Å². The van der Waals surface area contributed by atoms with E-state index in [0.717, 1.165) is 33.6 Å². The van der Waals surface area contributed by atoms with Crippen molar-refractivity contribution in [2.75, 3.05) is 5.73 Å². The van der Waals surface area contributed by atoms with E-state index >= 15 is 0 Å². The van der Waals surface area contributed by atoms with Crippen LogP contribution in [0.25, 0.3) is 15.9 Å². The van der Waals surface area contributed by atoms with Crippen molar-refractivity contribution in [2.45, 2.75) is 27.7 Å². The molecule has 0 radical (unpaired) electrons. The number of carbonyl (C=O) groups is 1. The zero-order valence-electron chi connectivity index (χ0n) is 17.2. The van der Waals surface area contributed by atoms with Crippen molar-refractivity contribution in [1.29, 1.82) is 0 Å². The van der Waals surface area contributed by atoms with Gasteiger partial charge in [0.2, 0.25) is 0 Å². The quantitative estimate of drug-likeness (QED) is 0.386. The predicted molar refractivity (Wildman–Crippen MR) is 122 cm³/mol. The topological polar surface area (TPSA) is 98.2 Å². The van der Waals surface area contributed by atoms with Gasteiger partial charge >= 0.3 is 0 Å². The number of amides is 1. The van der Waals surface area contributed by atoms with Crippen molar-refractivity contribution in [3.8, 4) is 5.69 Å². The summed E-state index contributed by atoms with van der Waals surface area (Å²) in [6.45, 7) is 7.99. The number of rotatable bonds is 4. The average Bonchev–Trinajstić information content (AvgIpc) is 3.20. The standard InChI is InChI=1S/C22H22N6OS/c1-12-5-7-17(8-6-12)28-13(2)9-16(15(28)4)10-26-27-21(29)19-14(3)18-20(23)24-11-25-22(18)30-19/h5-11H,1-4H3,(H,27,29)(H2,23,24,25)/b26-10-. The first-order valence-corrected chi connectivity index (χ1v) is 10.3. The molecule has 0 aliphatic carbocycles. The van der Waals surface area contributed by atoms with E-state index in [-0.39, 0.29) is 5.91 Å². The summed E-state index contributed by atoms with van der Waals surface area (Å²) in [5.41, 5.74) is 14.7. The van der Waals surface area contributed by atoms with Crippen LogP contribution in [0, 0.1) is 27.7 Å². The number of fused-ring (bicyclic) bond motifs is 1. The van der Waals surface area contributed by atoms with Crippen molar-refractivity contribution in [2.24, 2.45) is 5.10 Å². The molecule has 1 amide bonds. The summed E-state index contributed by atoms with van der Waals surface area (Å²) in [4.78, 5) is 22.1. The van der Waals surface area contributed by atoms with Crippen LogP contribution < -0.4 is 11.2 Å². The van der Waals surface area contributed by atoms with E-state index in [9.17, 15) is 4.79 Å². The predicted octanol–water partition coefficient (Wildman–Crippen LogP) is 4.06. The second kappa shape index (κ2) is 7.72. The maximum Gasteiger partial charge on any atom is 0.281 e. The van der Waals surface area contributed by atoms with Crippen LogP contribution in [0.4, 0.5) is 5.82 Å². The Balaban J connectivity index is 1.56. The van der Waals surface area contributed by atoms with E-state index in [1.165, 1.54) is 23.2 Å². The summed E-state index contributed by atoms with van der Waals surface area (Å²) >= 11 is 1.28. The van der Waals surface area contributed by atoms with Crippen LogP contribution in [0.2, 0.25) is 0 Å². The number of nitrogens with two attached hydrogens (primary N) is 1. The van der Waals surface area contributed by atoms with Crippen LogP contribution in [-0.4, -0.2) is 26.7 Å². The molecule has 30 heavy (non-hydrogen) atoms. The highest BCUT2D eigenvalue weighted by Gasteiger charge is 2.18. The molecule has 8 heteroatoms. The van der Waals surface area contributed by atoms with Gasteiger partial charge in [-0.2, -0.15) is 5.10 Å². The fraction of sp³-hybridized carbons (Fsp3) is 0.182. The summed E-state index contributed by atoms with van der Waals surface area (Å²) in [6.07, 6.45) is 3.07. The lowest BCUT2D eigenvalue weighted by Gasteiger charge is -2.09. The summed E-state index contributed by atoms with van der Waals surface area (Å²) in [5.74, 6) is 0.0818. The van der Waals surface area contributed by atoms with E-state index in [4.69, 9.17) is 5.73 Å². The minimum absolute atomic E-state index is 0.293. The van der Waals surface area contributed by atoms with E-state index in [1.807, 2.05) is 19.9 Å². The molecule has 0 fully saturated rings. The number of nitrogens with zero attached hydrogens (tertiary/aromatic N) is 4. The molecule has 4 aromatic rings. The summed E-state index contributed by atoms with van der Waals surface area (Å²) in [6, 6.07) is 10.4. The molecule has 0 unspecified atom stereocenters. The third kappa shape index (κ3) is 3.46. The van der Waals surface area contributed by atoms with Gasteiger partial charge in [-0.1, -0.05) is 17.7 Å². The van der Waals surface area contributed by atoms with Crippen LogP contribution in [-0.2, 0) is 0 Å². The fourth-order valence-electron chi connectivity index (χ4n) is 3.54. The van der Waals surface area contributed by atoms with Gasteiger partial charge in [0.25, 0.3) is 5.91 Å². The summed E-state index contributed by atoms with van der Waals surface area (Å²) in [5, 5.41) is 4.90. The molecule has 7 nitrogen and oxygen atoms in total. The summed E-state index contributed by atoms with van der Waals surface area (Å²) < 4.78 is 2.17. The highest BCUT2D eigenvalue weighted by atomic mass is 32.1. The number of thiophene rings is 1. The number of hydrazone groups is 1. The number of benzene rings is 1. The highest BCUT2D eigenvalue weighted by molar-refractivity contribution is 7.20. The molecule has 1 aromatic carbocycles. The Hall–Kier alpha value is -3.52. The third-order valence-corrected chi connectivity index (χ3v) is 6.29. The van der Waals surface area contributed by atoms with Gasteiger partial charge in [-0.25, -0.2) is 15.4 Å². The number of carbonyl (C=O) groups excluding carboxylic acids is 1. The zero-order valence-corrected chi connectivity index (χ0v) is 18.0. The molecule has 0 saturated heterocycles. The number of anilines is 1. The van der Waals surface area contributed by atoms with Gasteiger partial charge in [0.1, 0.15) is 17.0 Å². The van der Waals surface area contributed by atoms with E-state index in [1.54, 1.807) is 6.21 Å². The Morgan fingerprint density at radius 2 is 1.90 bits per heavy atom. The number of nitrogens with one attached hydrogen (secondary N) is 1. The van der Waals surface area contributed by atoms with Gasteiger partial charge in [0.05, 0.1) is 16.5 Å². The largest absolute Gasteiger partial charge is 0.383 e. The molecule has 0 aliphatic heterocycles. The smallest absolute Gasteiger partial charge is 0.281 e. The first-order chi connectivity index (χ1) is 14.4. The second-order valence-electron chi connectivity index (χ2n) is 7.19. The van der Waals surface area contributed by atoms with Crippen LogP contribution in [0.15, 0.2) is 41.8 Å². The molecule has 0 bridgehead atoms. The van der Waals surface area contributed by atoms with Crippen molar-refractivity contribution in [3.63, 3.8) is 0 Å². The SMILES string of the molecule is Cc1ccc(-n2c(C)cc(/C=N\NC(=O)c3sc4ncnc(N)c4c3C)c2C)cc1. The monoisotopic (exact) mass is 418 g/mol. The number of aryl methyl sites for hydroxylation is 3. The van der Waals surface area contributed by atoms with Crippen molar-refractivity contribution in [1.82, 2.24) is 20.0 Å². The van der Waals surface area contributed by atoms with Gasteiger partial charge in [-0.05, 0) is 51.5 Å². The second-order valence-corrected chi connectivity index (χ2v) is 8.19. The molecule has 0 saturated carbocycles. The molecule has 3 heterocycles. The maximum atomic E-state index is 12.6. The van der Waals surface area contributed by atoms with Crippen LogP contribution in [0.3, 0.4) is 0 Å². The lowest BCUT2D eigenvalue weighted by Crippen LogP contribution is -2.17. The Kier molecular flexibility index (Phi) is 5.09. The molecule has 0 atom stereocenters. The molecule has 0 spiro atoms. The minimum Gasteiger partial charge on any atom is -0.383 e. The van der Waals surface area contributed by atoms with Gasteiger partial charge in [0, 0.05) is 22.6 Å². The first-order valence-electron chi connectivity index (χ1n) is 9.45. The molecular weight excluding hydrogens is 396 g/mol. The van der Waals surface area contributed by atoms with Crippen LogP contribution >= 0.6 is 11.3 Å². The van der Waals surface area contributed by atoms with Crippen molar-refractivity contribution >= 4 is 39.5 Å². The van der Waals surface area contributed by atoms with Gasteiger partial charge in [-0.3, -0.25) is 4.79 Å². The van der Waals surface area contributed by atoms with Gasteiger partial charge in [0.15, 0.2) is 0 Å².